The summed E-state index contributed by atoms with van der Waals surface area (Å²) in [6.07, 6.45) is 0.997. The maximum absolute atomic E-state index is 12.9. The van der Waals surface area contributed by atoms with Crippen molar-refractivity contribution in [2.24, 2.45) is 0 Å². The number of benzene rings is 1. The number of aromatic amines is 1. The van der Waals surface area contributed by atoms with Gasteiger partial charge in [0.25, 0.3) is 5.56 Å². The molecule has 2 aromatic heterocycles. The minimum atomic E-state index is -0.536. The van der Waals surface area contributed by atoms with Gasteiger partial charge in [-0.3, -0.25) is 9.59 Å². The molecule has 3 aromatic rings. The molecule has 5 rings (SSSR count). The van der Waals surface area contributed by atoms with E-state index < -0.39 is 6.10 Å². The highest BCUT2D eigenvalue weighted by molar-refractivity contribution is 5.94. The van der Waals surface area contributed by atoms with Gasteiger partial charge in [-0.2, -0.15) is 5.10 Å². The number of piperidine rings is 1. The van der Waals surface area contributed by atoms with Crippen molar-refractivity contribution >= 4 is 11.9 Å². The zero-order valence-electron chi connectivity index (χ0n) is 17.5. The summed E-state index contributed by atoms with van der Waals surface area (Å²) in [5, 5.41) is 10.7. The number of aromatic nitrogens is 3. The highest BCUT2D eigenvalue weighted by Gasteiger charge is 2.34. The van der Waals surface area contributed by atoms with Crippen LogP contribution in [0.25, 0.3) is 11.3 Å². The second kappa shape index (κ2) is 8.07. The quantitative estimate of drug-likeness (QED) is 0.627. The molecule has 164 valence electrons. The number of aryl methyl sites for hydroxylation is 1. The first-order valence-corrected chi connectivity index (χ1v) is 10.6. The van der Waals surface area contributed by atoms with Crippen LogP contribution in [0.2, 0.25) is 0 Å². The molecule has 1 amide bonds. The van der Waals surface area contributed by atoms with Crippen LogP contribution in [0.4, 0.5) is 0 Å². The van der Waals surface area contributed by atoms with Gasteiger partial charge >= 0.3 is 5.97 Å². The van der Waals surface area contributed by atoms with Crippen molar-refractivity contribution in [3.05, 3.63) is 69.3 Å². The number of hydrogen-bond acceptors (Lipinski definition) is 7. The van der Waals surface area contributed by atoms with Crippen LogP contribution in [0.15, 0.2) is 45.7 Å². The molecule has 1 N–H and O–H groups in total. The van der Waals surface area contributed by atoms with E-state index in [1.54, 1.807) is 23.1 Å². The van der Waals surface area contributed by atoms with Gasteiger partial charge in [-0.15, -0.1) is 0 Å². The van der Waals surface area contributed by atoms with Gasteiger partial charge in [0, 0.05) is 42.3 Å². The largest absolute Gasteiger partial charge is 0.453 e. The Morgan fingerprint density at radius 1 is 1.16 bits per heavy atom. The van der Waals surface area contributed by atoms with Gasteiger partial charge in [0.15, 0.2) is 5.76 Å². The molecule has 1 saturated heterocycles. The molecular formula is C23H22N4O5. The molecule has 0 aliphatic carbocycles. The van der Waals surface area contributed by atoms with Gasteiger partial charge in [-0.05, 0) is 25.8 Å². The van der Waals surface area contributed by atoms with Crippen molar-refractivity contribution in [1.82, 2.24) is 20.3 Å². The summed E-state index contributed by atoms with van der Waals surface area (Å²) < 4.78 is 10.8. The van der Waals surface area contributed by atoms with Gasteiger partial charge in [0.1, 0.15) is 6.10 Å². The van der Waals surface area contributed by atoms with Crippen molar-refractivity contribution in [2.75, 3.05) is 13.1 Å². The van der Waals surface area contributed by atoms with E-state index in [4.69, 9.17) is 9.26 Å². The van der Waals surface area contributed by atoms with E-state index in [1.807, 2.05) is 19.1 Å². The highest BCUT2D eigenvalue weighted by Crippen LogP contribution is 2.36. The smallest absolute Gasteiger partial charge is 0.339 e. The Labute approximate surface area is 183 Å². The van der Waals surface area contributed by atoms with Gasteiger partial charge in [0.05, 0.1) is 23.4 Å². The predicted octanol–water partition coefficient (Wildman–Crippen LogP) is 2.74. The average molecular weight is 434 g/mol. The number of fused-ring (bicyclic) bond motifs is 1. The fourth-order valence-electron chi connectivity index (χ4n) is 4.47. The standard InChI is InChI=1S/C23H22N4O5/c1-13-10-19(32-26-13)17-11-20(28)24-25-22(17)14-6-8-27(9-7-14)21(29)12-18-15-4-2-3-5-16(15)23(30)31-18/h2-5,10-11,14,18H,6-9,12H2,1H3,(H,24,28)/t18-/m1/s1. The maximum Gasteiger partial charge on any atom is 0.339 e. The zero-order chi connectivity index (χ0) is 22.2. The SMILES string of the molecule is Cc1cc(-c2cc(=O)[nH]nc2C2CCN(C(=O)C[C@H]3OC(=O)c4ccccc43)CC2)on1. The third-order valence-electron chi connectivity index (χ3n) is 6.10. The maximum atomic E-state index is 12.9. The lowest BCUT2D eigenvalue weighted by atomic mass is 9.89. The molecule has 2 aliphatic rings. The molecular weight excluding hydrogens is 412 g/mol. The molecule has 4 heterocycles. The van der Waals surface area contributed by atoms with Crippen LogP contribution in [0, 0.1) is 6.92 Å². The summed E-state index contributed by atoms with van der Waals surface area (Å²) in [6.45, 7) is 2.93. The molecule has 0 bridgehead atoms. The molecule has 0 spiro atoms. The Bertz CT molecular complexity index is 1240. The van der Waals surface area contributed by atoms with Crippen LogP contribution < -0.4 is 5.56 Å². The van der Waals surface area contributed by atoms with Crippen LogP contribution in [-0.4, -0.2) is 45.2 Å². The topological polar surface area (TPSA) is 118 Å². The molecule has 1 atom stereocenters. The molecule has 0 radical (unpaired) electrons. The van der Waals surface area contributed by atoms with Crippen molar-refractivity contribution < 1.29 is 18.8 Å². The fraction of sp³-hybridized carbons (Fsp3) is 0.348. The molecule has 2 aliphatic heterocycles. The average Bonchev–Trinajstić information content (AvgIpc) is 3.37. The summed E-state index contributed by atoms with van der Waals surface area (Å²) in [5.74, 6) is 0.160. The predicted molar refractivity (Wildman–Crippen MR) is 113 cm³/mol. The van der Waals surface area contributed by atoms with Crippen molar-refractivity contribution in [1.29, 1.82) is 0 Å². The number of hydrogen-bond donors (Lipinski definition) is 1. The second-order valence-corrected chi connectivity index (χ2v) is 8.20. The summed E-state index contributed by atoms with van der Waals surface area (Å²) in [7, 11) is 0. The second-order valence-electron chi connectivity index (χ2n) is 8.20. The molecule has 0 unspecified atom stereocenters. The van der Waals surface area contributed by atoms with E-state index in [-0.39, 0.29) is 29.8 Å². The molecule has 32 heavy (non-hydrogen) atoms. The number of H-pyrrole nitrogens is 1. The number of rotatable bonds is 4. The van der Waals surface area contributed by atoms with E-state index in [1.165, 1.54) is 6.07 Å². The molecule has 1 fully saturated rings. The minimum absolute atomic E-state index is 0.0431. The first-order chi connectivity index (χ1) is 15.5. The van der Waals surface area contributed by atoms with Gasteiger partial charge in [-0.1, -0.05) is 23.4 Å². The van der Waals surface area contributed by atoms with Gasteiger partial charge in [0.2, 0.25) is 5.91 Å². The van der Waals surface area contributed by atoms with E-state index in [9.17, 15) is 14.4 Å². The lowest BCUT2D eigenvalue weighted by Crippen LogP contribution is -2.38. The van der Waals surface area contributed by atoms with E-state index in [2.05, 4.69) is 15.4 Å². The summed E-state index contributed by atoms with van der Waals surface area (Å²) in [5.41, 5.74) is 3.09. The Morgan fingerprint density at radius 2 is 1.94 bits per heavy atom. The minimum Gasteiger partial charge on any atom is -0.453 e. The third kappa shape index (κ3) is 3.70. The molecule has 1 aromatic carbocycles. The Hall–Kier alpha value is -3.75. The number of likely N-dealkylation sites (tertiary alicyclic amines) is 1. The number of cyclic esters (lactones) is 1. The lowest BCUT2D eigenvalue weighted by Gasteiger charge is -2.32. The van der Waals surface area contributed by atoms with Crippen molar-refractivity contribution in [3.8, 4) is 11.3 Å². The van der Waals surface area contributed by atoms with Crippen LogP contribution >= 0.6 is 0 Å². The number of carbonyl (C=O) groups is 2. The molecule has 9 heteroatoms. The Kier molecular flexibility index (Phi) is 5.08. The molecule has 0 saturated carbocycles. The van der Waals surface area contributed by atoms with Crippen LogP contribution in [0.1, 0.15) is 58.6 Å². The zero-order valence-corrected chi connectivity index (χ0v) is 17.5. The highest BCUT2D eigenvalue weighted by atomic mass is 16.5. The number of carbonyl (C=O) groups excluding carboxylic acids is 2. The number of nitrogens with zero attached hydrogens (tertiary/aromatic N) is 3. The lowest BCUT2D eigenvalue weighted by molar-refractivity contribution is -0.134. The van der Waals surface area contributed by atoms with Gasteiger partial charge in [-0.25, -0.2) is 9.89 Å². The van der Waals surface area contributed by atoms with E-state index >= 15 is 0 Å². The van der Waals surface area contributed by atoms with E-state index in [0.29, 0.717) is 42.8 Å². The van der Waals surface area contributed by atoms with Gasteiger partial charge < -0.3 is 14.2 Å². The van der Waals surface area contributed by atoms with Crippen molar-refractivity contribution in [2.45, 2.75) is 38.2 Å². The summed E-state index contributed by atoms with van der Waals surface area (Å²) in [6, 6.07) is 10.4. The third-order valence-corrected chi connectivity index (χ3v) is 6.10. The number of esters is 1. The summed E-state index contributed by atoms with van der Waals surface area (Å²) in [4.78, 5) is 38.6. The Morgan fingerprint density at radius 3 is 2.69 bits per heavy atom. The first-order valence-electron chi connectivity index (χ1n) is 10.6. The number of ether oxygens (including phenoxy) is 1. The van der Waals surface area contributed by atoms with E-state index in [0.717, 1.165) is 17.0 Å². The number of nitrogens with one attached hydrogen (secondary N) is 1. The summed E-state index contributed by atoms with van der Waals surface area (Å²) >= 11 is 0. The van der Waals surface area contributed by atoms with Crippen LogP contribution in [0.3, 0.4) is 0 Å². The van der Waals surface area contributed by atoms with Crippen molar-refractivity contribution in [3.63, 3.8) is 0 Å². The van der Waals surface area contributed by atoms with Crippen LogP contribution in [0.5, 0.6) is 0 Å². The Balaban J connectivity index is 1.27. The monoisotopic (exact) mass is 434 g/mol. The molecule has 9 nitrogen and oxygen atoms in total. The number of amides is 1. The first kappa shape index (κ1) is 20.2. The van der Waals surface area contributed by atoms with Crippen LogP contribution in [-0.2, 0) is 9.53 Å². The normalized spacial score (nSPS) is 18.5. The fourth-order valence-corrected chi connectivity index (χ4v) is 4.47.